The zero-order valence-corrected chi connectivity index (χ0v) is 13.2. The van der Waals surface area contributed by atoms with E-state index in [1.165, 1.54) is 38.2 Å². The van der Waals surface area contributed by atoms with Gasteiger partial charge in [0.25, 0.3) is 0 Å². The summed E-state index contributed by atoms with van der Waals surface area (Å²) >= 11 is 0. The largest absolute Gasteiger partial charge is 0.361 e. The quantitative estimate of drug-likeness (QED) is 0.908. The van der Waals surface area contributed by atoms with Gasteiger partial charge in [-0.05, 0) is 26.8 Å². The summed E-state index contributed by atoms with van der Waals surface area (Å²) in [7, 11) is 0. The van der Waals surface area contributed by atoms with Crippen molar-refractivity contribution in [2.75, 3.05) is 39.3 Å². The topological polar surface area (TPSA) is 44.5 Å². The SMILES string of the molecule is Cc1noc(C)c1CN1CCN(C2CCNC2)CC1.Cl. The van der Waals surface area contributed by atoms with E-state index in [1.807, 2.05) is 13.8 Å². The van der Waals surface area contributed by atoms with E-state index >= 15 is 0 Å². The smallest absolute Gasteiger partial charge is 0.138 e. The minimum Gasteiger partial charge on any atom is -0.361 e. The Balaban J connectivity index is 0.00000147. The summed E-state index contributed by atoms with van der Waals surface area (Å²) in [5.74, 6) is 0.972. The first-order valence-electron chi connectivity index (χ1n) is 7.33. The van der Waals surface area contributed by atoms with Gasteiger partial charge in [0.2, 0.25) is 0 Å². The number of piperazine rings is 1. The molecule has 2 aliphatic heterocycles. The van der Waals surface area contributed by atoms with Crippen LogP contribution in [0.2, 0.25) is 0 Å². The molecular formula is C14H25ClN4O. The van der Waals surface area contributed by atoms with Crippen LogP contribution in [0.15, 0.2) is 4.52 Å². The molecule has 1 N–H and O–H groups in total. The fraction of sp³-hybridized carbons (Fsp3) is 0.786. The fourth-order valence-electron chi connectivity index (χ4n) is 3.19. The predicted octanol–water partition coefficient (Wildman–Crippen LogP) is 1.19. The summed E-state index contributed by atoms with van der Waals surface area (Å²) in [4.78, 5) is 5.16. The van der Waals surface area contributed by atoms with Crippen LogP contribution in [0.25, 0.3) is 0 Å². The lowest BCUT2D eigenvalue weighted by Crippen LogP contribution is -2.50. The highest BCUT2D eigenvalue weighted by atomic mass is 35.5. The van der Waals surface area contributed by atoms with Gasteiger partial charge in [-0.2, -0.15) is 0 Å². The Morgan fingerprint density at radius 3 is 2.55 bits per heavy atom. The molecule has 0 saturated carbocycles. The molecule has 0 radical (unpaired) electrons. The number of nitrogens with one attached hydrogen (secondary N) is 1. The molecule has 5 nitrogen and oxygen atoms in total. The average Bonchev–Trinajstić information content (AvgIpc) is 3.05. The number of nitrogens with zero attached hydrogens (tertiary/aromatic N) is 3. The van der Waals surface area contributed by atoms with Crippen LogP contribution in [0.4, 0.5) is 0 Å². The van der Waals surface area contributed by atoms with E-state index in [0.717, 1.165) is 37.1 Å². The van der Waals surface area contributed by atoms with Gasteiger partial charge in [0.05, 0.1) is 5.69 Å². The van der Waals surface area contributed by atoms with Crippen LogP contribution < -0.4 is 5.32 Å². The maximum atomic E-state index is 5.24. The monoisotopic (exact) mass is 300 g/mol. The van der Waals surface area contributed by atoms with Crippen LogP contribution in [0.3, 0.4) is 0 Å². The molecule has 0 aliphatic carbocycles. The van der Waals surface area contributed by atoms with Gasteiger partial charge in [-0.25, -0.2) is 0 Å². The van der Waals surface area contributed by atoms with Crippen LogP contribution in [-0.2, 0) is 6.54 Å². The maximum absolute atomic E-state index is 5.24. The van der Waals surface area contributed by atoms with Crippen LogP contribution in [-0.4, -0.2) is 60.3 Å². The average molecular weight is 301 g/mol. The molecule has 20 heavy (non-hydrogen) atoms. The third-order valence-corrected chi connectivity index (χ3v) is 4.52. The molecule has 1 atom stereocenters. The lowest BCUT2D eigenvalue weighted by atomic mass is 10.1. The van der Waals surface area contributed by atoms with E-state index in [9.17, 15) is 0 Å². The molecule has 6 heteroatoms. The molecular weight excluding hydrogens is 276 g/mol. The Labute approximate surface area is 127 Å². The first kappa shape index (κ1) is 15.8. The Morgan fingerprint density at radius 2 is 2.00 bits per heavy atom. The van der Waals surface area contributed by atoms with Crippen molar-refractivity contribution in [3.8, 4) is 0 Å². The van der Waals surface area contributed by atoms with E-state index in [-0.39, 0.29) is 12.4 Å². The summed E-state index contributed by atoms with van der Waals surface area (Å²) in [6, 6.07) is 0.765. The standard InChI is InChI=1S/C14H24N4O.ClH/c1-11-14(12(2)19-16-11)10-17-5-7-18(8-6-17)13-3-4-15-9-13;/h13,15H,3-10H2,1-2H3;1H. The van der Waals surface area contributed by atoms with Gasteiger partial charge < -0.3 is 9.84 Å². The highest BCUT2D eigenvalue weighted by molar-refractivity contribution is 5.85. The summed E-state index contributed by atoms with van der Waals surface area (Å²) in [5.41, 5.74) is 2.32. The van der Waals surface area contributed by atoms with Gasteiger partial charge in [0.15, 0.2) is 0 Å². The van der Waals surface area contributed by atoms with Crippen molar-refractivity contribution in [1.29, 1.82) is 0 Å². The normalized spacial score (nSPS) is 24.8. The second-order valence-corrected chi connectivity index (χ2v) is 5.76. The third-order valence-electron chi connectivity index (χ3n) is 4.52. The molecule has 2 aliphatic rings. The van der Waals surface area contributed by atoms with Gasteiger partial charge in [-0.1, -0.05) is 5.16 Å². The molecule has 3 heterocycles. The number of aryl methyl sites for hydroxylation is 2. The van der Waals surface area contributed by atoms with Crippen molar-refractivity contribution in [2.24, 2.45) is 0 Å². The molecule has 0 spiro atoms. The van der Waals surface area contributed by atoms with Gasteiger partial charge >= 0.3 is 0 Å². The molecule has 114 valence electrons. The third kappa shape index (κ3) is 3.34. The van der Waals surface area contributed by atoms with Crippen molar-refractivity contribution in [3.63, 3.8) is 0 Å². The first-order valence-corrected chi connectivity index (χ1v) is 7.33. The molecule has 1 aromatic rings. The summed E-state index contributed by atoms with van der Waals surface area (Å²) in [6.07, 6.45) is 1.31. The van der Waals surface area contributed by atoms with Crippen molar-refractivity contribution < 1.29 is 4.52 Å². The minimum atomic E-state index is 0. The molecule has 2 saturated heterocycles. The van der Waals surface area contributed by atoms with E-state index in [4.69, 9.17) is 4.52 Å². The van der Waals surface area contributed by atoms with Gasteiger partial charge in [-0.15, -0.1) is 12.4 Å². The fourth-order valence-corrected chi connectivity index (χ4v) is 3.19. The van der Waals surface area contributed by atoms with E-state index in [1.54, 1.807) is 0 Å². The van der Waals surface area contributed by atoms with Crippen molar-refractivity contribution in [1.82, 2.24) is 20.3 Å². The maximum Gasteiger partial charge on any atom is 0.138 e. The number of halogens is 1. The van der Waals surface area contributed by atoms with Crippen molar-refractivity contribution in [3.05, 3.63) is 17.0 Å². The minimum absolute atomic E-state index is 0. The van der Waals surface area contributed by atoms with Gasteiger partial charge in [0.1, 0.15) is 5.76 Å². The predicted molar refractivity (Wildman–Crippen MR) is 81.3 cm³/mol. The molecule has 0 aromatic carbocycles. The second kappa shape index (κ2) is 6.89. The highest BCUT2D eigenvalue weighted by Crippen LogP contribution is 2.17. The number of hydrogen-bond donors (Lipinski definition) is 1. The first-order chi connectivity index (χ1) is 9.24. The zero-order chi connectivity index (χ0) is 13.2. The summed E-state index contributed by atoms with van der Waals surface area (Å²) in [6.45, 7) is 12.1. The summed E-state index contributed by atoms with van der Waals surface area (Å²) in [5, 5.41) is 7.50. The van der Waals surface area contributed by atoms with Gasteiger partial charge in [-0.3, -0.25) is 9.80 Å². The molecule has 3 rings (SSSR count). The zero-order valence-electron chi connectivity index (χ0n) is 12.4. The van der Waals surface area contributed by atoms with E-state index in [0.29, 0.717) is 0 Å². The second-order valence-electron chi connectivity index (χ2n) is 5.76. The van der Waals surface area contributed by atoms with Gasteiger partial charge in [0, 0.05) is 50.9 Å². The Bertz CT molecular complexity index is 403. The molecule has 2 fully saturated rings. The Morgan fingerprint density at radius 1 is 1.25 bits per heavy atom. The highest BCUT2D eigenvalue weighted by Gasteiger charge is 2.26. The lowest BCUT2D eigenvalue weighted by molar-refractivity contribution is 0.0977. The Hall–Kier alpha value is -0.620. The van der Waals surface area contributed by atoms with Crippen LogP contribution in [0.5, 0.6) is 0 Å². The van der Waals surface area contributed by atoms with Crippen molar-refractivity contribution in [2.45, 2.75) is 32.9 Å². The molecule has 1 aromatic heterocycles. The lowest BCUT2D eigenvalue weighted by Gasteiger charge is -2.37. The van der Waals surface area contributed by atoms with E-state index in [2.05, 4.69) is 20.3 Å². The molecule has 0 amide bonds. The number of hydrogen-bond acceptors (Lipinski definition) is 5. The number of rotatable bonds is 3. The van der Waals surface area contributed by atoms with Crippen LogP contribution >= 0.6 is 12.4 Å². The number of aromatic nitrogens is 1. The molecule has 1 unspecified atom stereocenters. The molecule has 0 bridgehead atoms. The van der Waals surface area contributed by atoms with Crippen LogP contribution in [0, 0.1) is 13.8 Å². The summed E-state index contributed by atoms with van der Waals surface area (Å²) < 4.78 is 5.24. The van der Waals surface area contributed by atoms with Crippen molar-refractivity contribution >= 4 is 12.4 Å². The Kier molecular flexibility index (Phi) is 5.43. The van der Waals surface area contributed by atoms with Crippen LogP contribution in [0.1, 0.15) is 23.4 Å². The van der Waals surface area contributed by atoms with E-state index < -0.39 is 0 Å².